The minimum Gasteiger partial charge on any atom is -0.365 e. The SMILES string of the molecule is Cc1ccc(CCC(=O)N2CCN(c3ccc([N+](=O)[O-])nc3)CC2)cc1. The average molecular weight is 354 g/mol. The summed E-state index contributed by atoms with van der Waals surface area (Å²) in [4.78, 5) is 30.4. The Hall–Kier alpha value is -2.96. The van der Waals surface area contributed by atoms with E-state index in [2.05, 4.69) is 41.1 Å². The fraction of sp³-hybridized carbons (Fsp3) is 0.368. The number of hydrogen-bond acceptors (Lipinski definition) is 5. The first-order chi connectivity index (χ1) is 12.5. The van der Waals surface area contributed by atoms with Gasteiger partial charge in [0.15, 0.2) is 6.20 Å². The first kappa shape index (κ1) is 17.8. The summed E-state index contributed by atoms with van der Waals surface area (Å²) < 4.78 is 0. The van der Waals surface area contributed by atoms with Crippen LogP contribution in [0.4, 0.5) is 11.5 Å². The highest BCUT2D eigenvalue weighted by Gasteiger charge is 2.22. The number of rotatable bonds is 5. The number of nitro groups is 1. The third kappa shape index (κ3) is 4.36. The van der Waals surface area contributed by atoms with Crippen molar-refractivity contribution in [2.45, 2.75) is 19.8 Å². The maximum Gasteiger partial charge on any atom is 0.363 e. The Bertz CT molecular complexity index is 766. The monoisotopic (exact) mass is 354 g/mol. The van der Waals surface area contributed by atoms with Gasteiger partial charge in [-0.05, 0) is 34.9 Å². The first-order valence-corrected chi connectivity index (χ1v) is 8.71. The normalized spacial score (nSPS) is 14.3. The summed E-state index contributed by atoms with van der Waals surface area (Å²) in [5.41, 5.74) is 3.25. The van der Waals surface area contributed by atoms with Gasteiger partial charge in [-0.15, -0.1) is 0 Å². The standard InChI is InChI=1S/C19H22N4O3/c1-15-2-4-16(5-3-15)6-9-19(24)22-12-10-21(11-13-22)17-7-8-18(20-14-17)23(25)26/h2-5,7-8,14H,6,9-13H2,1H3. The van der Waals surface area contributed by atoms with Crippen LogP contribution >= 0.6 is 0 Å². The second kappa shape index (κ2) is 7.95. The number of hydrogen-bond donors (Lipinski definition) is 0. The molecule has 0 saturated carbocycles. The van der Waals surface area contributed by atoms with E-state index >= 15 is 0 Å². The van der Waals surface area contributed by atoms with E-state index in [0.717, 1.165) is 12.1 Å². The number of anilines is 1. The lowest BCUT2D eigenvalue weighted by Crippen LogP contribution is -2.48. The Labute approximate surface area is 152 Å². The lowest BCUT2D eigenvalue weighted by molar-refractivity contribution is -0.389. The number of nitrogens with zero attached hydrogens (tertiary/aromatic N) is 4. The van der Waals surface area contributed by atoms with Crippen molar-refractivity contribution in [3.05, 3.63) is 63.8 Å². The van der Waals surface area contributed by atoms with Crippen LogP contribution < -0.4 is 4.90 Å². The van der Waals surface area contributed by atoms with Crippen LogP contribution in [0.2, 0.25) is 0 Å². The number of benzene rings is 1. The van der Waals surface area contributed by atoms with Crippen LogP contribution in [0.3, 0.4) is 0 Å². The fourth-order valence-electron chi connectivity index (χ4n) is 3.05. The molecule has 0 N–H and O–H groups in total. The number of amides is 1. The van der Waals surface area contributed by atoms with E-state index in [4.69, 9.17) is 0 Å². The zero-order valence-electron chi connectivity index (χ0n) is 14.8. The van der Waals surface area contributed by atoms with Gasteiger partial charge in [-0.2, -0.15) is 0 Å². The van der Waals surface area contributed by atoms with Crippen LogP contribution in [0.15, 0.2) is 42.6 Å². The average Bonchev–Trinajstić information content (AvgIpc) is 2.67. The molecule has 136 valence electrons. The second-order valence-electron chi connectivity index (χ2n) is 6.49. The largest absolute Gasteiger partial charge is 0.365 e. The van der Waals surface area contributed by atoms with E-state index in [9.17, 15) is 14.9 Å². The van der Waals surface area contributed by atoms with Gasteiger partial charge in [0, 0.05) is 38.7 Å². The number of pyridine rings is 1. The number of carbonyl (C=O) groups excluding carboxylic acids is 1. The molecule has 3 rings (SSSR count). The van der Waals surface area contributed by atoms with Gasteiger partial charge >= 0.3 is 5.82 Å². The van der Waals surface area contributed by atoms with E-state index in [1.807, 2.05) is 4.90 Å². The zero-order chi connectivity index (χ0) is 18.5. The highest BCUT2D eigenvalue weighted by Crippen LogP contribution is 2.18. The topological polar surface area (TPSA) is 79.6 Å². The number of carbonyl (C=O) groups is 1. The van der Waals surface area contributed by atoms with Crippen molar-refractivity contribution >= 4 is 17.4 Å². The van der Waals surface area contributed by atoms with E-state index in [1.54, 1.807) is 6.07 Å². The molecule has 0 spiro atoms. The summed E-state index contributed by atoms with van der Waals surface area (Å²) in [7, 11) is 0. The van der Waals surface area contributed by atoms with Gasteiger partial charge < -0.3 is 19.9 Å². The van der Waals surface area contributed by atoms with Crippen molar-refractivity contribution < 1.29 is 9.72 Å². The molecule has 0 bridgehead atoms. The third-order valence-corrected chi connectivity index (χ3v) is 4.66. The molecule has 7 heteroatoms. The molecule has 2 aromatic rings. The van der Waals surface area contributed by atoms with Crippen LogP contribution in [0.1, 0.15) is 17.5 Å². The predicted molar refractivity (Wildman–Crippen MR) is 99.2 cm³/mol. The Morgan fingerprint density at radius 1 is 1.12 bits per heavy atom. The van der Waals surface area contributed by atoms with E-state index in [0.29, 0.717) is 32.6 Å². The third-order valence-electron chi connectivity index (χ3n) is 4.66. The van der Waals surface area contributed by atoms with Gasteiger partial charge in [-0.3, -0.25) is 4.79 Å². The molecule has 1 saturated heterocycles. The van der Waals surface area contributed by atoms with Gasteiger partial charge in [-0.1, -0.05) is 29.8 Å². The molecule has 1 amide bonds. The molecule has 1 aliphatic rings. The lowest BCUT2D eigenvalue weighted by Gasteiger charge is -2.35. The van der Waals surface area contributed by atoms with Crippen molar-refractivity contribution in [2.75, 3.05) is 31.1 Å². The summed E-state index contributed by atoms with van der Waals surface area (Å²) in [5, 5.41) is 10.7. The molecule has 26 heavy (non-hydrogen) atoms. The van der Waals surface area contributed by atoms with Crippen molar-refractivity contribution in [1.82, 2.24) is 9.88 Å². The number of aryl methyl sites for hydroxylation is 2. The molecule has 0 radical (unpaired) electrons. The highest BCUT2D eigenvalue weighted by molar-refractivity contribution is 5.76. The van der Waals surface area contributed by atoms with Crippen molar-refractivity contribution in [2.24, 2.45) is 0 Å². The molecule has 0 atom stereocenters. The summed E-state index contributed by atoms with van der Waals surface area (Å²) in [6.07, 6.45) is 2.79. The van der Waals surface area contributed by atoms with Crippen LogP contribution in [-0.2, 0) is 11.2 Å². The van der Waals surface area contributed by atoms with Gasteiger partial charge in [-0.25, -0.2) is 0 Å². The van der Waals surface area contributed by atoms with Crippen molar-refractivity contribution in [1.29, 1.82) is 0 Å². The molecule has 1 fully saturated rings. The molecular weight excluding hydrogens is 332 g/mol. The van der Waals surface area contributed by atoms with E-state index in [1.165, 1.54) is 23.4 Å². The Kier molecular flexibility index (Phi) is 5.46. The van der Waals surface area contributed by atoms with Crippen molar-refractivity contribution in [3.8, 4) is 0 Å². The maximum atomic E-state index is 12.4. The van der Waals surface area contributed by atoms with Gasteiger partial charge in [0.1, 0.15) is 0 Å². The maximum absolute atomic E-state index is 12.4. The summed E-state index contributed by atoms with van der Waals surface area (Å²) in [5.74, 6) is 0.0192. The number of aromatic nitrogens is 1. The minimum absolute atomic E-state index is 0.154. The van der Waals surface area contributed by atoms with Crippen LogP contribution in [-0.4, -0.2) is 46.9 Å². The fourth-order valence-corrected chi connectivity index (χ4v) is 3.05. The Morgan fingerprint density at radius 3 is 2.38 bits per heavy atom. The zero-order valence-corrected chi connectivity index (χ0v) is 14.8. The second-order valence-corrected chi connectivity index (χ2v) is 6.49. The number of piperazine rings is 1. The van der Waals surface area contributed by atoms with Gasteiger partial charge in [0.25, 0.3) is 0 Å². The minimum atomic E-state index is -0.506. The quantitative estimate of drug-likeness (QED) is 0.609. The summed E-state index contributed by atoms with van der Waals surface area (Å²) in [6, 6.07) is 11.4. The molecule has 0 aliphatic carbocycles. The van der Waals surface area contributed by atoms with Crippen LogP contribution in [0, 0.1) is 17.0 Å². The summed E-state index contributed by atoms with van der Waals surface area (Å²) in [6.45, 7) is 4.77. The molecule has 1 aromatic heterocycles. The molecule has 2 heterocycles. The van der Waals surface area contributed by atoms with Crippen molar-refractivity contribution in [3.63, 3.8) is 0 Å². The van der Waals surface area contributed by atoms with E-state index in [-0.39, 0.29) is 11.7 Å². The molecule has 1 aliphatic heterocycles. The lowest BCUT2D eigenvalue weighted by atomic mass is 10.1. The van der Waals surface area contributed by atoms with Gasteiger partial charge in [0.05, 0.1) is 5.69 Å². The van der Waals surface area contributed by atoms with E-state index < -0.39 is 4.92 Å². The first-order valence-electron chi connectivity index (χ1n) is 8.71. The smallest absolute Gasteiger partial charge is 0.363 e. The molecular formula is C19H22N4O3. The highest BCUT2D eigenvalue weighted by atomic mass is 16.6. The Balaban J connectivity index is 1.48. The van der Waals surface area contributed by atoms with Gasteiger partial charge in [0.2, 0.25) is 5.91 Å². The van der Waals surface area contributed by atoms with Crippen LogP contribution in [0.5, 0.6) is 0 Å². The summed E-state index contributed by atoms with van der Waals surface area (Å²) >= 11 is 0. The molecule has 0 unspecified atom stereocenters. The molecule has 7 nitrogen and oxygen atoms in total. The Morgan fingerprint density at radius 2 is 1.81 bits per heavy atom. The van der Waals surface area contributed by atoms with Crippen LogP contribution in [0.25, 0.3) is 0 Å². The predicted octanol–water partition coefficient (Wildman–Crippen LogP) is 2.58. The molecule has 1 aromatic carbocycles.